The molecular formula is C11H17N3O3. The fourth-order valence-corrected chi connectivity index (χ4v) is 1.42. The van der Waals surface area contributed by atoms with Crippen LogP contribution in [0.3, 0.4) is 0 Å². The topological polar surface area (TPSA) is 73.1 Å². The summed E-state index contributed by atoms with van der Waals surface area (Å²) in [4.78, 5) is 34.6. The van der Waals surface area contributed by atoms with Crippen LogP contribution in [-0.4, -0.2) is 15.0 Å². The van der Waals surface area contributed by atoms with Crippen molar-refractivity contribution in [3.8, 4) is 0 Å². The molecular weight excluding hydrogens is 222 g/mol. The molecule has 6 heteroatoms. The quantitative estimate of drug-likeness (QED) is 0.811. The molecule has 94 valence electrons. The number of carbonyl (C=O) groups is 1. The monoisotopic (exact) mass is 239 g/mol. The summed E-state index contributed by atoms with van der Waals surface area (Å²) in [5, 5.41) is 2.56. The number of anilines is 1. The first-order valence-corrected chi connectivity index (χ1v) is 5.40. The molecule has 1 rings (SSSR count). The smallest absolute Gasteiger partial charge is 0.312 e. The van der Waals surface area contributed by atoms with Crippen LogP contribution in [0.15, 0.2) is 15.7 Å². The van der Waals surface area contributed by atoms with E-state index in [4.69, 9.17) is 0 Å². The maximum absolute atomic E-state index is 11.6. The molecule has 1 amide bonds. The van der Waals surface area contributed by atoms with Gasteiger partial charge in [0.2, 0.25) is 5.91 Å². The molecule has 1 aromatic rings. The minimum absolute atomic E-state index is 0.205. The largest absolute Gasteiger partial charge is 0.332 e. The fourth-order valence-electron chi connectivity index (χ4n) is 1.42. The Hall–Kier alpha value is -1.85. The minimum Gasteiger partial charge on any atom is -0.312 e. The average molecular weight is 239 g/mol. The van der Waals surface area contributed by atoms with Crippen LogP contribution in [0.25, 0.3) is 0 Å². The number of nitrogens with one attached hydrogen (secondary N) is 1. The second-order valence-corrected chi connectivity index (χ2v) is 4.41. The summed E-state index contributed by atoms with van der Waals surface area (Å²) in [7, 11) is 2.90. The van der Waals surface area contributed by atoms with Crippen LogP contribution in [0.1, 0.15) is 20.3 Å². The normalized spacial score (nSPS) is 10.6. The highest BCUT2D eigenvalue weighted by Crippen LogP contribution is 2.04. The molecule has 0 aromatic carbocycles. The number of nitrogens with zero attached hydrogens (tertiary/aromatic N) is 2. The third-order valence-electron chi connectivity index (χ3n) is 2.39. The molecule has 1 heterocycles. The molecule has 0 atom stereocenters. The molecule has 0 aliphatic rings. The van der Waals surface area contributed by atoms with Gasteiger partial charge in [0.15, 0.2) is 0 Å². The van der Waals surface area contributed by atoms with E-state index in [1.165, 1.54) is 24.7 Å². The summed E-state index contributed by atoms with van der Waals surface area (Å²) >= 11 is 0. The van der Waals surface area contributed by atoms with Crippen molar-refractivity contribution in [3.05, 3.63) is 26.9 Å². The van der Waals surface area contributed by atoms with Crippen molar-refractivity contribution in [1.82, 2.24) is 9.13 Å². The van der Waals surface area contributed by atoms with E-state index in [1.807, 2.05) is 13.8 Å². The van der Waals surface area contributed by atoms with E-state index in [0.717, 1.165) is 4.57 Å². The Labute approximate surface area is 98.9 Å². The molecule has 0 fully saturated rings. The van der Waals surface area contributed by atoms with Crippen molar-refractivity contribution in [1.29, 1.82) is 0 Å². The van der Waals surface area contributed by atoms with Gasteiger partial charge in [0.05, 0.1) is 0 Å². The lowest BCUT2D eigenvalue weighted by molar-refractivity contribution is -0.116. The molecule has 0 aliphatic heterocycles. The van der Waals surface area contributed by atoms with Crippen molar-refractivity contribution in [2.45, 2.75) is 20.3 Å². The first-order valence-electron chi connectivity index (χ1n) is 5.40. The van der Waals surface area contributed by atoms with E-state index >= 15 is 0 Å². The molecule has 0 spiro atoms. The number of carbonyl (C=O) groups excluding carboxylic acids is 1. The van der Waals surface area contributed by atoms with E-state index in [9.17, 15) is 14.4 Å². The van der Waals surface area contributed by atoms with Crippen LogP contribution >= 0.6 is 0 Å². The van der Waals surface area contributed by atoms with Gasteiger partial charge in [0, 0.05) is 26.6 Å². The molecule has 1 N–H and O–H groups in total. The van der Waals surface area contributed by atoms with Gasteiger partial charge in [-0.25, -0.2) is 4.79 Å². The molecule has 0 bridgehead atoms. The number of hydrogen-bond acceptors (Lipinski definition) is 3. The van der Waals surface area contributed by atoms with Crippen molar-refractivity contribution in [3.63, 3.8) is 0 Å². The molecule has 0 aliphatic carbocycles. The molecule has 0 saturated heterocycles. The highest BCUT2D eigenvalue weighted by molar-refractivity contribution is 5.89. The van der Waals surface area contributed by atoms with E-state index in [-0.39, 0.29) is 17.6 Å². The van der Waals surface area contributed by atoms with Crippen LogP contribution in [-0.2, 0) is 18.9 Å². The highest BCUT2D eigenvalue weighted by atomic mass is 16.2. The van der Waals surface area contributed by atoms with Gasteiger partial charge < -0.3 is 5.32 Å². The van der Waals surface area contributed by atoms with Gasteiger partial charge in [-0.1, -0.05) is 13.8 Å². The van der Waals surface area contributed by atoms with Crippen LogP contribution < -0.4 is 16.6 Å². The van der Waals surface area contributed by atoms with E-state index < -0.39 is 11.2 Å². The standard InChI is InChI=1S/C11H17N3O3/c1-7(2)5-9(15)12-8-6-10(16)14(4)11(17)13(8)3/h6-7H,5H2,1-4H3,(H,12,15). The molecule has 17 heavy (non-hydrogen) atoms. The van der Waals surface area contributed by atoms with Crippen molar-refractivity contribution >= 4 is 11.7 Å². The molecule has 0 saturated carbocycles. The van der Waals surface area contributed by atoms with E-state index in [2.05, 4.69) is 5.32 Å². The number of amides is 1. The van der Waals surface area contributed by atoms with Crippen LogP contribution in [0.2, 0.25) is 0 Å². The molecule has 0 unspecified atom stereocenters. The molecule has 0 radical (unpaired) electrons. The van der Waals surface area contributed by atoms with Crippen molar-refractivity contribution < 1.29 is 4.79 Å². The maximum Gasteiger partial charge on any atom is 0.332 e. The summed E-state index contributed by atoms with van der Waals surface area (Å²) in [5.41, 5.74) is -0.898. The van der Waals surface area contributed by atoms with Crippen LogP contribution in [0.4, 0.5) is 5.82 Å². The second-order valence-electron chi connectivity index (χ2n) is 4.41. The first kappa shape index (κ1) is 13.2. The molecule has 1 aromatic heterocycles. The Morgan fingerprint density at radius 1 is 1.29 bits per heavy atom. The first-order chi connectivity index (χ1) is 7.82. The number of rotatable bonds is 3. The minimum atomic E-state index is -0.461. The fraction of sp³-hybridized carbons (Fsp3) is 0.545. The predicted octanol–water partition coefficient (Wildman–Crippen LogP) is 0.0686. The zero-order valence-corrected chi connectivity index (χ0v) is 10.5. The van der Waals surface area contributed by atoms with Gasteiger partial charge in [-0.15, -0.1) is 0 Å². The summed E-state index contributed by atoms with van der Waals surface area (Å²) in [6, 6.07) is 1.24. The Morgan fingerprint density at radius 2 is 1.88 bits per heavy atom. The third-order valence-corrected chi connectivity index (χ3v) is 2.39. The van der Waals surface area contributed by atoms with E-state index in [1.54, 1.807) is 0 Å². The summed E-state index contributed by atoms with van der Waals surface area (Å²) in [5.74, 6) is 0.241. The zero-order chi connectivity index (χ0) is 13.2. The Bertz CT molecular complexity index is 540. The summed E-state index contributed by atoms with van der Waals surface area (Å²) < 4.78 is 2.22. The van der Waals surface area contributed by atoms with Gasteiger partial charge in [0.1, 0.15) is 5.82 Å². The Morgan fingerprint density at radius 3 is 2.41 bits per heavy atom. The van der Waals surface area contributed by atoms with Crippen molar-refractivity contribution in [2.24, 2.45) is 20.0 Å². The average Bonchev–Trinajstić information content (AvgIpc) is 2.21. The predicted molar refractivity (Wildman–Crippen MR) is 65.0 cm³/mol. The van der Waals surface area contributed by atoms with E-state index in [0.29, 0.717) is 6.42 Å². The number of aromatic nitrogens is 2. The van der Waals surface area contributed by atoms with Crippen LogP contribution in [0.5, 0.6) is 0 Å². The summed E-state index contributed by atoms with van der Waals surface area (Å²) in [6.45, 7) is 3.84. The van der Waals surface area contributed by atoms with Gasteiger partial charge in [-0.2, -0.15) is 0 Å². The number of hydrogen-bond donors (Lipinski definition) is 1. The third kappa shape index (κ3) is 3.05. The lowest BCUT2D eigenvalue weighted by Crippen LogP contribution is -2.38. The second kappa shape index (κ2) is 4.99. The maximum atomic E-state index is 11.6. The Balaban J connectivity index is 3.05. The summed E-state index contributed by atoms with van der Waals surface area (Å²) in [6.07, 6.45) is 0.351. The lowest BCUT2D eigenvalue weighted by atomic mass is 10.1. The van der Waals surface area contributed by atoms with Gasteiger partial charge >= 0.3 is 5.69 Å². The van der Waals surface area contributed by atoms with Crippen LogP contribution in [0, 0.1) is 5.92 Å². The van der Waals surface area contributed by atoms with Gasteiger partial charge in [0.25, 0.3) is 5.56 Å². The van der Waals surface area contributed by atoms with Gasteiger partial charge in [-0.05, 0) is 5.92 Å². The molecule has 6 nitrogen and oxygen atoms in total. The van der Waals surface area contributed by atoms with Gasteiger partial charge in [-0.3, -0.25) is 18.7 Å². The van der Waals surface area contributed by atoms with Crippen molar-refractivity contribution in [2.75, 3.05) is 5.32 Å². The zero-order valence-electron chi connectivity index (χ0n) is 10.5. The Kier molecular flexibility index (Phi) is 3.88. The lowest BCUT2D eigenvalue weighted by Gasteiger charge is -2.11. The highest BCUT2D eigenvalue weighted by Gasteiger charge is 2.10. The SMILES string of the molecule is CC(C)CC(=O)Nc1cc(=O)n(C)c(=O)n1C.